The van der Waals surface area contributed by atoms with E-state index in [-0.39, 0.29) is 18.6 Å². The molecule has 2 atom stereocenters. The monoisotopic (exact) mass is 418 g/mol. The number of rotatable bonds is 6. The van der Waals surface area contributed by atoms with Crippen LogP contribution in [0.4, 0.5) is 0 Å². The summed E-state index contributed by atoms with van der Waals surface area (Å²) in [4.78, 5) is 7.66. The number of fused-ring (bicyclic) bond motifs is 3. The van der Waals surface area contributed by atoms with Gasteiger partial charge in [-0.25, -0.2) is 0 Å². The fourth-order valence-electron chi connectivity index (χ4n) is 4.90. The second kappa shape index (κ2) is 9.61. The van der Waals surface area contributed by atoms with E-state index >= 15 is 0 Å². The Bertz CT molecular complexity index is 733. The normalized spacial score (nSPS) is 26.2. The van der Waals surface area contributed by atoms with Gasteiger partial charge in [-0.15, -0.1) is 0 Å². The van der Waals surface area contributed by atoms with Crippen molar-refractivity contribution in [2.45, 2.75) is 64.5 Å². The summed E-state index contributed by atoms with van der Waals surface area (Å²) >= 11 is 1.84. The van der Waals surface area contributed by atoms with Crippen molar-refractivity contribution >= 4 is 16.9 Å². The molecule has 0 amide bonds. The molecule has 1 aromatic rings. The van der Waals surface area contributed by atoms with Gasteiger partial charge in [0.05, 0.1) is 25.3 Å². The maximum absolute atomic E-state index is 10.1. The zero-order chi connectivity index (χ0) is 20.2. The van der Waals surface area contributed by atoms with Crippen LogP contribution in [0.25, 0.3) is 0 Å². The second-order valence-electron chi connectivity index (χ2n) is 8.21. The SMILES string of the molecule is CCOc1cc2c(cc1OCC)C1C(CO)CSC(=NC3CCCCC3)N1CC2. The number of amidine groups is 1. The summed E-state index contributed by atoms with van der Waals surface area (Å²) in [6.45, 7) is 6.40. The first-order valence-corrected chi connectivity index (χ1v) is 12.2. The minimum Gasteiger partial charge on any atom is -0.490 e. The van der Waals surface area contributed by atoms with E-state index in [1.165, 1.54) is 48.4 Å². The van der Waals surface area contributed by atoms with Crippen LogP contribution in [0.3, 0.4) is 0 Å². The van der Waals surface area contributed by atoms with Gasteiger partial charge in [0.15, 0.2) is 16.7 Å². The Kier molecular flexibility index (Phi) is 6.91. The number of aliphatic hydroxyl groups is 1. The highest BCUT2D eigenvalue weighted by Gasteiger charge is 2.40. The number of aliphatic hydroxyl groups excluding tert-OH is 1. The summed E-state index contributed by atoms with van der Waals surface area (Å²) in [5.74, 6) is 2.77. The minimum atomic E-state index is 0.169. The minimum absolute atomic E-state index is 0.169. The zero-order valence-electron chi connectivity index (χ0n) is 17.7. The quantitative estimate of drug-likeness (QED) is 0.741. The molecule has 0 bridgehead atoms. The van der Waals surface area contributed by atoms with Crippen LogP contribution in [0.15, 0.2) is 17.1 Å². The van der Waals surface area contributed by atoms with Crippen LogP contribution in [0.5, 0.6) is 11.5 Å². The highest BCUT2D eigenvalue weighted by Crippen LogP contribution is 2.45. The number of benzene rings is 1. The topological polar surface area (TPSA) is 54.3 Å². The summed E-state index contributed by atoms with van der Waals surface area (Å²) in [6, 6.07) is 4.97. The molecule has 5 nitrogen and oxygen atoms in total. The predicted octanol–water partition coefficient (Wildman–Crippen LogP) is 4.43. The number of hydrogen-bond donors (Lipinski definition) is 1. The van der Waals surface area contributed by atoms with E-state index < -0.39 is 0 Å². The molecule has 6 heteroatoms. The van der Waals surface area contributed by atoms with Gasteiger partial charge in [-0.05, 0) is 56.4 Å². The molecular formula is C23H34N2O3S. The van der Waals surface area contributed by atoms with Gasteiger partial charge < -0.3 is 19.5 Å². The molecule has 3 aliphatic rings. The van der Waals surface area contributed by atoms with E-state index in [4.69, 9.17) is 14.5 Å². The Hall–Kier alpha value is -1.40. The summed E-state index contributed by atoms with van der Waals surface area (Å²) in [5.41, 5.74) is 2.60. The molecule has 1 saturated carbocycles. The third-order valence-electron chi connectivity index (χ3n) is 6.30. The standard InChI is InChI=1S/C23H34N2O3S/c1-3-27-20-12-16-10-11-25-22(19(16)13-21(20)28-4-2)17(14-26)15-29-23(25)24-18-8-6-5-7-9-18/h12-13,17-18,22,26H,3-11,14-15H2,1-2H3. The average Bonchev–Trinajstić information content (AvgIpc) is 2.75. The summed E-state index contributed by atoms with van der Waals surface area (Å²) in [7, 11) is 0. The maximum Gasteiger partial charge on any atom is 0.161 e. The van der Waals surface area contributed by atoms with Crippen molar-refractivity contribution in [3.05, 3.63) is 23.3 Å². The molecule has 2 aliphatic heterocycles. The van der Waals surface area contributed by atoms with E-state index in [0.717, 1.165) is 30.2 Å². The number of aliphatic imine (C=N–C) groups is 1. The summed E-state index contributed by atoms with van der Waals surface area (Å²) in [5, 5.41) is 11.3. The van der Waals surface area contributed by atoms with Gasteiger partial charge in [0.25, 0.3) is 0 Å². The molecule has 160 valence electrons. The lowest BCUT2D eigenvalue weighted by Gasteiger charge is -2.46. The zero-order valence-corrected chi connectivity index (χ0v) is 18.5. The van der Waals surface area contributed by atoms with Crippen LogP contribution in [0.2, 0.25) is 0 Å². The van der Waals surface area contributed by atoms with Crippen molar-refractivity contribution in [1.82, 2.24) is 4.90 Å². The summed E-state index contributed by atoms with van der Waals surface area (Å²) < 4.78 is 11.8. The van der Waals surface area contributed by atoms with Gasteiger partial charge in [0, 0.05) is 24.8 Å². The van der Waals surface area contributed by atoms with Crippen LogP contribution >= 0.6 is 11.8 Å². The van der Waals surface area contributed by atoms with Gasteiger partial charge in [-0.1, -0.05) is 31.0 Å². The molecule has 1 saturated heterocycles. The van der Waals surface area contributed by atoms with Crippen LogP contribution in [0.1, 0.15) is 63.1 Å². The van der Waals surface area contributed by atoms with Crippen molar-refractivity contribution in [2.24, 2.45) is 10.9 Å². The molecule has 2 heterocycles. The third-order valence-corrected chi connectivity index (χ3v) is 7.50. The Balaban J connectivity index is 1.68. The van der Waals surface area contributed by atoms with Crippen LogP contribution in [-0.4, -0.2) is 53.3 Å². The molecule has 2 fully saturated rings. The first-order chi connectivity index (χ1) is 14.2. The molecule has 0 spiro atoms. The molecule has 2 unspecified atom stereocenters. The van der Waals surface area contributed by atoms with Crippen LogP contribution in [-0.2, 0) is 6.42 Å². The number of ether oxygens (including phenoxy) is 2. The first kappa shape index (κ1) is 20.9. The van der Waals surface area contributed by atoms with Crippen molar-refractivity contribution < 1.29 is 14.6 Å². The van der Waals surface area contributed by atoms with E-state index in [9.17, 15) is 5.11 Å². The molecule has 1 N–H and O–H groups in total. The van der Waals surface area contributed by atoms with Crippen LogP contribution in [0, 0.1) is 5.92 Å². The van der Waals surface area contributed by atoms with Gasteiger partial charge in [-0.2, -0.15) is 0 Å². The molecular weight excluding hydrogens is 384 g/mol. The van der Waals surface area contributed by atoms with E-state index in [1.807, 2.05) is 25.6 Å². The lowest BCUT2D eigenvalue weighted by Crippen LogP contribution is -2.47. The Morgan fingerprint density at radius 2 is 1.83 bits per heavy atom. The lowest BCUT2D eigenvalue weighted by molar-refractivity contribution is 0.148. The molecule has 1 aliphatic carbocycles. The van der Waals surface area contributed by atoms with Crippen LogP contribution < -0.4 is 9.47 Å². The number of thioether (sulfide) groups is 1. The molecule has 0 radical (unpaired) electrons. The van der Waals surface area contributed by atoms with Gasteiger partial charge in [0.1, 0.15) is 0 Å². The number of hydrogen-bond acceptors (Lipinski definition) is 5. The van der Waals surface area contributed by atoms with Gasteiger partial charge in [0.2, 0.25) is 0 Å². The second-order valence-corrected chi connectivity index (χ2v) is 9.20. The predicted molar refractivity (Wildman–Crippen MR) is 119 cm³/mol. The maximum atomic E-state index is 10.1. The van der Waals surface area contributed by atoms with Crippen molar-refractivity contribution in [3.8, 4) is 11.5 Å². The highest BCUT2D eigenvalue weighted by molar-refractivity contribution is 8.13. The fraction of sp³-hybridized carbons (Fsp3) is 0.696. The van der Waals surface area contributed by atoms with E-state index in [2.05, 4.69) is 17.0 Å². The smallest absolute Gasteiger partial charge is 0.161 e. The fourth-order valence-corrected chi connectivity index (χ4v) is 6.15. The molecule has 1 aromatic carbocycles. The van der Waals surface area contributed by atoms with E-state index in [0.29, 0.717) is 19.3 Å². The Morgan fingerprint density at radius 1 is 1.10 bits per heavy atom. The largest absolute Gasteiger partial charge is 0.490 e. The molecule has 4 rings (SSSR count). The van der Waals surface area contributed by atoms with E-state index in [1.54, 1.807) is 0 Å². The van der Waals surface area contributed by atoms with Crippen molar-refractivity contribution in [1.29, 1.82) is 0 Å². The molecule has 0 aromatic heterocycles. The molecule has 29 heavy (non-hydrogen) atoms. The van der Waals surface area contributed by atoms with Crippen molar-refractivity contribution in [2.75, 3.05) is 32.1 Å². The summed E-state index contributed by atoms with van der Waals surface area (Å²) in [6.07, 6.45) is 7.36. The highest BCUT2D eigenvalue weighted by atomic mass is 32.2. The average molecular weight is 419 g/mol. The first-order valence-electron chi connectivity index (χ1n) is 11.3. The Labute approximate surface area is 178 Å². The van der Waals surface area contributed by atoms with Gasteiger partial charge in [-0.3, -0.25) is 4.99 Å². The van der Waals surface area contributed by atoms with Gasteiger partial charge >= 0.3 is 0 Å². The third kappa shape index (κ3) is 4.38. The van der Waals surface area contributed by atoms with Crippen molar-refractivity contribution in [3.63, 3.8) is 0 Å². The Morgan fingerprint density at radius 3 is 2.52 bits per heavy atom. The number of nitrogens with zero attached hydrogens (tertiary/aromatic N) is 2. The lowest BCUT2D eigenvalue weighted by atomic mass is 9.85.